The van der Waals surface area contributed by atoms with Crippen LogP contribution in [0.25, 0.3) is 0 Å². The highest BCUT2D eigenvalue weighted by molar-refractivity contribution is 5.44. The van der Waals surface area contributed by atoms with E-state index in [1.165, 1.54) is 25.4 Å². The normalized spacial score (nSPS) is 13.5. The smallest absolute Gasteiger partial charge is 0.420 e. The van der Waals surface area contributed by atoms with Crippen molar-refractivity contribution >= 4 is 0 Å². The molecular formula is C23H23F3N2O2. The van der Waals surface area contributed by atoms with Crippen molar-refractivity contribution in [3.8, 4) is 17.2 Å². The quantitative estimate of drug-likeness (QED) is 0.490. The fourth-order valence-corrected chi connectivity index (χ4v) is 3.08. The Morgan fingerprint density at radius 1 is 0.900 bits per heavy atom. The summed E-state index contributed by atoms with van der Waals surface area (Å²) < 4.78 is 50.4. The molecule has 0 spiro atoms. The highest BCUT2D eigenvalue weighted by atomic mass is 19.4. The van der Waals surface area contributed by atoms with Gasteiger partial charge in [-0.25, -0.2) is 0 Å². The van der Waals surface area contributed by atoms with Crippen LogP contribution in [0.5, 0.6) is 17.2 Å². The van der Waals surface area contributed by atoms with Gasteiger partial charge in [0, 0.05) is 12.1 Å². The number of ether oxygens (including phenoxy) is 2. The molecular weight excluding hydrogens is 393 g/mol. The first-order valence-electron chi connectivity index (χ1n) is 9.48. The minimum atomic E-state index is -4.57. The zero-order valence-electron chi connectivity index (χ0n) is 16.9. The molecule has 3 aromatic rings. The summed E-state index contributed by atoms with van der Waals surface area (Å²) in [5, 5.41) is 3.46. The van der Waals surface area contributed by atoms with Gasteiger partial charge < -0.3 is 14.8 Å². The van der Waals surface area contributed by atoms with Crippen LogP contribution in [0.4, 0.5) is 13.2 Å². The van der Waals surface area contributed by atoms with Crippen molar-refractivity contribution in [2.24, 2.45) is 0 Å². The van der Waals surface area contributed by atoms with E-state index in [2.05, 4.69) is 17.2 Å². The van der Waals surface area contributed by atoms with Gasteiger partial charge in [-0.15, -0.1) is 0 Å². The van der Waals surface area contributed by atoms with Crippen molar-refractivity contribution in [1.82, 2.24) is 10.3 Å². The van der Waals surface area contributed by atoms with Gasteiger partial charge >= 0.3 is 6.18 Å². The Balaban J connectivity index is 1.72. The molecule has 0 aliphatic rings. The summed E-state index contributed by atoms with van der Waals surface area (Å²) in [6.07, 6.45) is -3.14. The van der Waals surface area contributed by atoms with Crippen LogP contribution in [0, 0.1) is 0 Å². The second kappa shape index (κ2) is 9.17. The molecule has 4 nitrogen and oxygen atoms in total. The van der Waals surface area contributed by atoms with Gasteiger partial charge in [-0.3, -0.25) is 4.98 Å². The van der Waals surface area contributed by atoms with Gasteiger partial charge in [0.15, 0.2) is 0 Å². The lowest BCUT2D eigenvalue weighted by Crippen LogP contribution is -2.23. The first-order valence-corrected chi connectivity index (χ1v) is 9.48. The number of benzene rings is 2. The fourth-order valence-electron chi connectivity index (χ4n) is 3.08. The van der Waals surface area contributed by atoms with Crippen molar-refractivity contribution in [2.45, 2.75) is 32.1 Å². The van der Waals surface area contributed by atoms with E-state index in [4.69, 9.17) is 9.47 Å². The van der Waals surface area contributed by atoms with E-state index in [0.717, 1.165) is 17.3 Å². The molecule has 1 aromatic heterocycles. The van der Waals surface area contributed by atoms with Gasteiger partial charge in [0.05, 0.1) is 19.0 Å². The van der Waals surface area contributed by atoms with E-state index in [-0.39, 0.29) is 29.3 Å². The Labute approximate surface area is 173 Å². The van der Waals surface area contributed by atoms with Gasteiger partial charge in [-0.2, -0.15) is 13.2 Å². The zero-order chi connectivity index (χ0) is 21.7. The molecule has 2 atom stereocenters. The topological polar surface area (TPSA) is 43.4 Å². The number of halogens is 3. The molecule has 0 amide bonds. The molecule has 0 unspecified atom stereocenters. The molecule has 0 saturated carbocycles. The molecule has 1 N–H and O–H groups in total. The number of rotatable bonds is 7. The Morgan fingerprint density at radius 3 is 2.20 bits per heavy atom. The third-order valence-electron chi connectivity index (χ3n) is 4.72. The summed E-state index contributed by atoms with van der Waals surface area (Å²) in [6.45, 7) is 4.04. The van der Waals surface area contributed by atoms with Crippen molar-refractivity contribution in [3.05, 3.63) is 83.7 Å². The van der Waals surface area contributed by atoms with E-state index in [0.29, 0.717) is 0 Å². The van der Waals surface area contributed by atoms with Crippen LogP contribution in [-0.2, 0) is 6.18 Å². The molecule has 0 radical (unpaired) electrons. The number of alkyl halides is 3. The number of aromatic nitrogens is 1. The van der Waals surface area contributed by atoms with Crippen LogP contribution in [0.15, 0.2) is 66.9 Å². The van der Waals surface area contributed by atoms with Crippen LogP contribution in [-0.4, -0.2) is 12.1 Å². The molecule has 158 valence electrons. The van der Waals surface area contributed by atoms with E-state index in [1.807, 2.05) is 37.3 Å². The maximum Gasteiger partial charge on any atom is 0.420 e. The van der Waals surface area contributed by atoms with Gasteiger partial charge in [-0.05, 0) is 49.7 Å². The van der Waals surface area contributed by atoms with E-state index >= 15 is 0 Å². The fraction of sp³-hybridized carbons (Fsp3) is 0.261. The predicted octanol–water partition coefficient (Wildman–Crippen LogP) is 6.31. The third-order valence-corrected chi connectivity index (χ3v) is 4.72. The summed E-state index contributed by atoms with van der Waals surface area (Å²) in [7, 11) is 1.31. The Bertz CT molecular complexity index is 960. The summed E-state index contributed by atoms with van der Waals surface area (Å²) in [5.74, 6) is 0.0232. The molecule has 0 bridgehead atoms. The molecule has 2 aromatic carbocycles. The molecule has 0 aliphatic heterocycles. The molecule has 7 heteroatoms. The molecule has 0 aliphatic carbocycles. The molecule has 3 rings (SSSR count). The van der Waals surface area contributed by atoms with Crippen molar-refractivity contribution in [2.75, 3.05) is 7.11 Å². The monoisotopic (exact) mass is 416 g/mol. The molecule has 1 heterocycles. The van der Waals surface area contributed by atoms with Crippen LogP contribution in [0.3, 0.4) is 0 Å². The second-order valence-electron chi connectivity index (χ2n) is 6.90. The van der Waals surface area contributed by atoms with Crippen LogP contribution >= 0.6 is 0 Å². The summed E-state index contributed by atoms with van der Waals surface area (Å²) in [6, 6.07) is 17.0. The predicted molar refractivity (Wildman–Crippen MR) is 109 cm³/mol. The zero-order valence-corrected chi connectivity index (χ0v) is 16.9. The SMILES string of the molecule is COc1ccc(Oc2ccc([C@@H](C)N[C@H](C)c3ccccc3)nc2)c(C(F)(F)F)c1. The Kier molecular flexibility index (Phi) is 6.62. The average molecular weight is 416 g/mol. The van der Waals surface area contributed by atoms with Crippen LogP contribution < -0.4 is 14.8 Å². The average Bonchev–Trinajstić information content (AvgIpc) is 2.74. The first-order chi connectivity index (χ1) is 14.3. The van der Waals surface area contributed by atoms with Crippen molar-refractivity contribution in [3.63, 3.8) is 0 Å². The minimum absolute atomic E-state index is 0.0546. The van der Waals surface area contributed by atoms with E-state index in [9.17, 15) is 13.2 Å². The maximum absolute atomic E-state index is 13.3. The lowest BCUT2D eigenvalue weighted by molar-refractivity contribution is -0.138. The van der Waals surface area contributed by atoms with Gasteiger partial charge in [0.25, 0.3) is 0 Å². The van der Waals surface area contributed by atoms with E-state index in [1.54, 1.807) is 12.1 Å². The van der Waals surface area contributed by atoms with Crippen LogP contribution in [0.1, 0.15) is 42.8 Å². The van der Waals surface area contributed by atoms with E-state index < -0.39 is 11.7 Å². The Hall–Kier alpha value is -3.06. The number of hydrogen-bond donors (Lipinski definition) is 1. The van der Waals surface area contributed by atoms with Gasteiger partial charge in [-0.1, -0.05) is 30.3 Å². The highest BCUT2D eigenvalue weighted by Gasteiger charge is 2.35. The van der Waals surface area contributed by atoms with Crippen molar-refractivity contribution < 1.29 is 22.6 Å². The number of methoxy groups -OCH3 is 1. The largest absolute Gasteiger partial charge is 0.497 e. The van der Waals surface area contributed by atoms with Gasteiger partial charge in [0.1, 0.15) is 22.8 Å². The maximum atomic E-state index is 13.3. The molecule has 30 heavy (non-hydrogen) atoms. The van der Waals surface area contributed by atoms with Gasteiger partial charge in [0.2, 0.25) is 0 Å². The number of hydrogen-bond acceptors (Lipinski definition) is 4. The van der Waals surface area contributed by atoms with Crippen molar-refractivity contribution in [1.29, 1.82) is 0 Å². The summed E-state index contributed by atoms with van der Waals surface area (Å²) >= 11 is 0. The second-order valence-corrected chi connectivity index (χ2v) is 6.90. The standard InChI is InChI=1S/C23H23F3N2O2/c1-15(17-7-5-4-6-8-17)28-16(2)21-11-9-19(14-27-21)30-22-12-10-18(29-3)13-20(22)23(24,25)26/h4-16,28H,1-3H3/t15-,16-/m1/s1. The third kappa shape index (κ3) is 5.30. The number of nitrogens with one attached hydrogen (secondary N) is 1. The molecule has 0 saturated heterocycles. The summed E-state index contributed by atoms with van der Waals surface area (Å²) in [5.41, 5.74) is 1.01. The summed E-state index contributed by atoms with van der Waals surface area (Å²) in [4.78, 5) is 4.35. The lowest BCUT2D eigenvalue weighted by Gasteiger charge is -2.20. The number of nitrogens with zero attached hydrogens (tertiary/aromatic N) is 1. The highest BCUT2D eigenvalue weighted by Crippen LogP contribution is 2.40. The minimum Gasteiger partial charge on any atom is -0.497 e. The lowest BCUT2D eigenvalue weighted by atomic mass is 10.1. The van der Waals surface area contributed by atoms with Crippen LogP contribution in [0.2, 0.25) is 0 Å². The molecule has 0 fully saturated rings. The number of pyridine rings is 1. The Morgan fingerprint density at radius 2 is 1.60 bits per heavy atom. The first kappa shape index (κ1) is 21.6.